The predicted octanol–water partition coefficient (Wildman–Crippen LogP) is 1.36. The molecular weight excluding hydrogens is 294 g/mol. The molecule has 2 amide bonds. The molecule has 0 saturated carbocycles. The first kappa shape index (κ1) is 16.7. The normalized spacial score (nSPS) is 11.7. The molecule has 0 fully saturated rings. The lowest BCUT2D eigenvalue weighted by atomic mass is 10.1. The van der Waals surface area contributed by atoms with Crippen molar-refractivity contribution in [2.75, 3.05) is 6.54 Å². The highest BCUT2D eigenvalue weighted by Gasteiger charge is 2.10. The van der Waals surface area contributed by atoms with Gasteiger partial charge in [-0.15, -0.1) is 0 Å². The van der Waals surface area contributed by atoms with Gasteiger partial charge in [0.2, 0.25) is 11.8 Å². The number of nitrogens with one attached hydrogen (secondary N) is 2. The molecule has 0 aliphatic heterocycles. The lowest BCUT2D eigenvalue weighted by molar-refractivity contribution is -0.126. The van der Waals surface area contributed by atoms with E-state index in [9.17, 15) is 9.59 Å². The fraction of sp³-hybridized carbons (Fsp3) is 0.375. The lowest BCUT2D eigenvalue weighted by Gasteiger charge is -2.15. The summed E-state index contributed by atoms with van der Waals surface area (Å²) in [5, 5.41) is 9.52. The zero-order valence-electron chi connectivity index (χ0n) is 13.3. The number of rotatable bonds is 7. The van der Waals surface area contributed by atoms with E-state index in [-0.39, 0.29) is 24.4 Å². The van der Waals surface area contributed by atoms with Crippen LogP contribution in [0.5, 0.6) is 0 Å². The number of amides is 2. The molecule has 0 saturated heterocycles. The zero-order chi connectivity index (χ0) is 16.7. The van der Waals surface area contributed by atoms with E-state index < -0.39 is 0 Å². The van der Waals surface area contributed by atoms with Crippen molar-refractivity contribution < 1.29 is 9.59 Å². The van der Waals surface area contributed by atoms with E-state index in [0.717, 1.165) is 17.7 Å². The van der Waals surface area contributed by atoms with Crippen molar-refractivity contribution in [2.24, 2.45) is 0 Å². The molecule has 2 rings (SSSR count). The summed E-state index contributed by atoms with van der Waals surface area (Å²) in [6.07, 6.45) is 4.30. The molecule has 7 nitrogen and oxygen atoms in total. The van der Waals surface area contributed by atoms with Crippen LogP contribution in [-0.4, -0.2) is 33.1 Å². The van der Waals surface area contributed by atoms with Crippen molar-refractivity contribution in [3.8, 4) is 5.69 Å². The van der Waals surface area contributed by atoms with Crippen LogP contribution < -0.4 is 10.6 Å². The Balaban J connectivity index is 1.86. The minimum absolute atomic E-state index is 0.000212. The highest BCUT2D eigenvalue weighted by molar-refractivity contribution is 5.84. The SMILES string of the molecule is CCCC(=O)NCC(=O)NC(C)c1ccc(-n2cncn2)cc1. The van der Waals surface area contributed by atoms with Gasteiger partial charge in [0.25, 0.3) is 0 Å². The standard InChI is InChI=1S/C16H21N5O2/c1-3-4-15(22)18-9-16(23)20-12(2)13-5-7-14(8-6-13)21-11-17-10-19-21/h5-8,10-12H,3-4,9H2,1-2H3,(H,18,22)(H,20,23). The van der Waals surface area contributed by atoms with Gasteiger partial charge >= 0.3 is 0 Å². The molecule has 7 heteroatoms. The van der Waals surface area contributed by atoms with Crippen LogP contribution in [-0.2, 0) is 9.59 Å². The van der Waals surface area contributed by atoms with Crippen molar-refractivity contribution >= 4 is 11.8 Å². The van der Waals surface area contributed by atoms with Crippen molar-refractivity contribution in [3.05, 3.63) is 42.5 Å². The predicted molar refractivity (Wildman–Crippen MR) is 85.8 cm³/mol. The number of aromatic nitrogens is 3. The summed E-state index contributed by atoms with van der Waals surface area (Å²) in [6.45, 7) is 3.82. The van der Waals surface area contributed by atoms with Crippen molar-refractivity contribution in [1.29, 1.82) is 0 Å². The van der Waals surface area contributed by atoms with E-state index >= 15 is 0 Å². The summed E-state index contributed by atoms with van der Waals surface area (Å²) in [5.41, 5.74) is 1.87. The third kappa shape index (κ3) is 4.91. The third-order valence-corrected chi connectivity index (χ3v) is 3.38. The summed E-state index contributed by atoms with van der Waals surface area (Å²) in [7, 11) is 0. The molecule has 1 aromatic heterocycles. The Kier molecular flexibility index (Phi) is 5.85. The van der Waals surface area contributed by atoms with Gasteiger partial charge in [-0.3, -0.25) is 9.59 Å². The molecule has 1 unspecified atom stereocenters. The average Bonchev–Trinajstić information content (AvgIpc) is 3.08. The van der Waals surface area contributed by atoms with Crippen molar-refractivity contribution in [1.82, 2.24) is 25.4 Å². The van der Waals surface area contributed by atoms with Gasteiger partial charge in [0.15, 0.2) is 0 Å². The minimum Gasteiger partial charge on any atom is -0.348 e. The topological polar surface area (TPSA) is 88.9 Å². The average molecular weight is 315 g/mol. The van der Waals surface area contributed by atoms with Crippen LogP contribution in [0.1, 0.15) is 38.3 Å². The van der Waals surface area contributed by atoms with Crippen LogP contribution in [0.2, 0.25) is 0 Å². The Hall–Kier alpha value is -2.70. The highest BCUT2D eigenvalue weighted by atomic mass is 16.2. The van der Waals surface area contributed by atoms with E-state index in [4.69, 9.17) is 0 Å². The Morgan fingerprint density at radius 3 is 2.57 bits per heavy atom. The molecule has 0 aliphatic carbocycles. The van der Waals surface area contributed by atoms with Gasteiger partial charge in [0.05, 0.1) is 18.3 Å². The molecule has 0 aliphatic rings. The summed E-state index contributed by atoms with van der Waals surface area (Å²) in [6, 6.07) is 7.54. The second kappa shape index (κ2) is 8.07. The zero-order valence-corrected chi connectivity index (χ0v) is 13.3. The van der Waals surface area contributed by atoms with Gasteiger partial charge < -0.3 is 10.6 Å². The molecule has 2 aromatic rings. The van der Waals surface area contributed by atoms with Gasteiger partial charge in [-0.1, -0.05) is 19.1 Å². The third-order valence-electron chi connectivity index (χ3n) is 3.38. The smallest absolute Gasteiger partial charge is 0.239 e. The largest absolute Gasteiger partial charge is 0.348 e. The van der Waals surface area contributed by atoms with Crippen molar-refractivity contribution in [3.63, 3.8) is 0 Å². The number of hydrogen-bond donors (Lipinski definition) is 2. The second-order valence-electron chi connectivity index (χ2n) is 5.25. The maximum absolute atomic E-state index is 11.8. The Bertz CT molecular complexity index is 637. The van der Waals surface area contributed by atoms with Gasteiger partial charge in [-0.2, -0.15) is 5.10 Å². The molecule has 0 radical (unpaired) electrons. The van der Waals surface area contributed by atoms with E-state index in [1.54, 1.807) is 11.0 Å². The fourth-order valence-electron chi connectivity index (χ4n) is 2.13. The Morgan fingerprint density at radius 2 is 1.96 bits per heavy atom. The van der Waals surface area contributed by atoms with Crippen LogP contribution >= 0.6 is 0 Å². The van der Waals surface area contributed by atoms with E-state index in [0.29, 0.717) is 6.42 Å². The van der Waals surface area contributed by atoms with Gasteiger partial charge in [-0.05, 0) is 31.0 Å². The monoisotopic (exact) mass is 315 g/mol. The Labute approximate surface area is 135 Å². The molecule has 1 heterocycles. The van der Waals surface area contributed by atoms with Crippen LogP contribution in [0, 0.1) is 0 Å². The maximum atomic E-state index is 11.8. The molecule has 1 atom stereocenters. The summed E-state index contributed by atoms with van der Waals surface area (Å²) in [5.74, 6) is -0.310. The van der Waals surface area contributed by atoms with Crippen LogP contribution in [0.15, 0.2) is 36.9 Å². The first-order valence-corrected chi connectivity index (χ1v) is 7.61. The van der Waals surface area contributed by atoms with Crippen molar-refractivity contribution in [2.45, 2.75) is 32.7 Å². The highest BCUT2D eigenvalue weighted by Crippen LogP contribution is 2.14. The maximum Gasteiger partial charge on any atom is 0.239 e. The summed E-state index contributed by atoms with van der Waals surface area (Å²) < 4.78 is 1.66. The molecule has 2 N–H and O–H groups in total. The van der Waals surface area contributed by atoms with Gasteiger partial charge in [-0.25, -0.2) is 9.67 Å². The van der Waals surface area contributed by atoms with E-state index in [2.05, 4.69) is 20.7 Å². The molecule has 122 valence electrons. The summed E-state index contributed by atoms with van der Waals surface area (Å²) >= 11 is 0. The molecule has 1 aromatic carbocycles. The van der Waals surface area contributed by atoms with E-state index in [1.807, 2.05) is 38.1 Å². The molecule has 0 bridgehead atoms. The molecular formula is C16H21N5O2. The number of carbonyl (C=O) groups excluding carboxylic acids is 2. The number of carbonyl (C=O) groups is 2. The first-order valence-electron chi connectivity index (χ1n) is 7.61. The summed E-state index contributed by atoms with van der Waals surface area (Å²) in [4.78, 5) is 27.1. The fourth-order valence-corrected chi connectivity index (χ4v) is 2.13. The van der Waals surface area contributed by atoms with Gasteiger partial charge in [0.1, 0.15) is 12.7 Å². The molecule has 0 spiro atoms. The quantitative estimate of drug-likeness (QED) is 0.807. The van der Waals surface area contributed by atoms with Crippen LogP contribution in [0.25, 0.3) is 5.69 Å². The Morgan fingerprint density at radius 1 is 1.22 bits per heavy atom. The second-order valence-corrected chi connectivity index (χ2v) is 5.25. The van der Waals surface area contributed by atoms with Crippen LogP contribution in [0.3, 0.4) is 0 Å². The number of nitrogens with zero attached hydrogens (tertiary/aromatic N) is 3. The van der Waals surface area contributed by atoms with Gasteiger partial charge in [0, 0.05) is 6.42 Å². The molecule has 23 heavy (non-hydrogen) atoms. The van der Waals surface area contributed by atoms with E-state index in [1.165, 1.54) is 6.33 Å². The minimum atomic E-state index is -0.206. The first-order chi connectivity index (χ1) is 11.1. The number of hydrogen-bond acceptors (Lipinski definition) is 4. The number of benzene rings is 1. The van der Waals surface area contributed by atoms with Crippen LogP contribution in [0.4, 0.5) is 0 Å². The lowest BCUT2D eigenvalue weighted by Crippen LogP contribution is -2.37.